The molecule has 1 N–H and O–H groups in total. The van der Waals surface area contributed by atoms with E-state index < -0.39 is 20.9 Å². The van der Waals surface area contributed by atoms with Crippen LogP contribution in [0.5, 0.6) is 0 Å². The van der Waals surface area contributed by atoms with Crippen molar-refractivity contribution in [2.24, 2.45) is 4.40 Å². The quantitative estimate of drug-likeness (QED) is 0.507. The van der Waals surface area contributed by atoms with Crippen LogP contribution in [0.3, 0.4) is 0 Å². The van der Waals surface area contributed by atoms with Gasteiger partial charge in [-0.15, -0.1) is 0 Å². The second-order valence-corrected chi connectivity index (χ2v) is 6.02. The van der Waals surface area contributed by atoms with E-state index in [-0.39, 0.29) is 16.1 Å². The molecule has 0 amide bonds. The number of sulfonamides is 1. The highest BCUT2D eigenvalue weighted by molar-refractivity contribution is 7.90. The number of nitro benzene ring substituents is 1. The number of rotatable bonds is 5. The van der Waals surface area contributed by atoms with Gasteiger partial charge in [0, 0.05) is 18.3 Å². The molecule has 0 bridgehead atoms. The van der Waals surface area contributed by atoms with Gasteiger partial charge >= 0.3 is 5.97 Å². The molecule has 2 rings (SSSR count). The number of hydrogen-bond donors (Lipinski definition) is 1. The number of nitro groups is 1. The largest absolute Gasteiger partial charge is 0.478 e. The second-order valence-electron chi connectivity index (χ2n) is 4.39. The normalized spacial score (nSPS) is 11.5. The topological polar surface area (TPSA) is 127 Å². The van der Waals surface area contributed by atoms with Crippen molar-refractivity contribution in [3.05, 3.63) is 69.8 Å². The summed E-state index contributed by atoms with van der Waals surface area (Å²) >= 11 is 0. The summed E-state index contributed by atoms with van der Waals surface area (Å²) < 4.78 is 27.5. The molecule has 23 heavy (non-hydrogen) atoms. The Labute approximate surface area is 130 Å². The molecular weight excluding hydrogens is 324 g/mol. The van der Waals surface area contributed by atoms with Crippen molar-refractivity contribution in [3.63, 3.8) is 0 Å². The predicted octanol–water partition coefficient (Wildman–Crippen LogP) is 2.10. The maximum absolute atomic E-state index is 12.0. The molecule has 2 aromatic rings. The first-order valence-corrected chi connectivity index (χ1v) is 7.62. The Bertz CT molecular complexity index is 888. The summed E-state index contributed by atoms with van der Waals surface area (Å²) in [6.45, 7) is 0. The van der Waals surface area contributed by atoms with E-state index in [4.69, 9.17) is 5.11 Å². The van der Waals surface area contributed by atoms with Crippen LogP contribution < -0.4 is 0 Å². The van der Waals surface area contributed by atoms with Crippen molar-refractivity contribution in [1.82, 2.24) is 0 Å². The van der Waals surface area contributed by atoms with Crippen LogP contribution >= 0.6 is 0 Å². The van der Waals surface area contributed by atoms with Crippen molar-refractivity contribution in [1.29, 1.82) is 0 Å². The molecule has 0 radical (unpaired) electrons. The summed E-state index contributed by atoms with van der Waals surface area (Å²) in [6, 6.07) is 9.96. The molecule has 0 spiro atoms. The summed E-state index contributed by atoms with van der Waals surface area (Å²) in [5.74, 6) is -1.10. The summed E-state index contributed by atoms with van der Waals surface area (Å²) in [4.78, 5) is 20.4. The molecular formula is C14H10N2O6S. The molecule has 0 aliphatic heterocycles. The molecule has 0 aliphatic carbocycles. The van der Waals surface area contributed by atoms with E-state index in [0.29, 0.717) is 5.56 Å². The monoisotopic (exact) mass is 334 g/mol. The van der Waals surface area contributed by atoms with E-state index in [1.165, 1.54) is 42.5 Å². The molecule has 0 unspecified atom stereocenters. The Kier molecular flexibility index (Phi) is 4.51. The van der Waals surface area contributed by atoms with Crippen molar-refractivity contribution in [2.75, 3.05) is 0 Å². The molecule has 0 fully saturated rings. The van der Waals surface area contributed by atoms with Crippen LogP contribution in [0.4, 0.5) is 5.69 Å². The molecule has 0 aromatic heterocycles. The van der Waals surface area contributed by atoms with Crippen LogP contribution in [0, 0.1) is 10.1 Å². The Balaban J connectivity index is 2.28. The minimum absolute atomic E-state index is 0.0590. The van der Waals surface area contributed by atoms with Gasteiger partial charge in [0.25, 0.3) is 15.7 Å². The van der Waals surface area contributed by atoms with Gasteiger partial charge in [-0.25, -0.2) is 4.79 Å². The third kappa shape index (κ3) is 3.98. The minimum atomic E-state index is -4.09. The molecule has 0 aliphatic rings. The summed E-state index contributed by atoms with van der Waals surface area (Å²) in [5, 5.41) is 19.4. The number of carboxylic acid groups (broad SMARTS) is 1. The van der Waals surface area contributed by atoms with Gasteiger partial charge in [0.05, 0.1) is 15.4 Å². The fraction of sp³-hybridized carbons (Fsp3) is 0. The summed E-state index contributed by atoms with van der Waals surface area (Å²) in [7, 11) is -4.09. The zero-order valence-electron chi connectivity index (χ0n) is 11.5. The SMILES string of the molecule is O=C(O)c1ccc(/C=N/S(=O)(=O)c2cccc([N+](=O)[O-])c2)cc1. The van der Waals surface area contributed by atoms with Crippen molar-refractivity contribution >= 4 is 27.9 Å². The second kappa shape index (κ2) is 6.36. The standard InChI is InChI=1S/C14H10N2O6S/c17-14(18)11-6-4-10(5-7-11)9-15-23(21,22)13-3-1-2-12(8-13)16(19)20/h1-9H,(H,17,18)/b15-9+. The molecule has 0 heterocycles. The van der Waals surface area contributed by atoms with Gasteiger partial charge in [-0.05, 0) is 23.8 Å². The number of carbonyl (C=O) groups is 1. The van der Waals surface area contributed by atoms with Crippen molar-refractivity contribution in [3.8, 4) is 0 Å². The number of carboxylic acids is 1. The average molecular weight is 334 g/mol. The molecule has 2 aromatic carbocycles. The molecule has 8 nitrogen and oxygen atoms in total. The summed E-state index contributed by atoms with van der Waals surface area (Å²) in [6.07, 6.45) is 1.04. The van der Waals surface area contributed by atoms with E-state index in [1.54, 1.807) is 0 Å². The first-order chi connectivity index (χ1) is 10.8. The highest BCUT2D eigenvalue weighted by Gasteiger charge is 2.16. The first-order valence-electron chi connectivity index (χ1n) is 6.18. The van der Waals surface area contributed by atoms with Gasteiger partial charge in [-0.1, -0.05) is 18.2 Å². The van der Waals surface area contributed by atoms with E-state index in [9.17, 15) is 23.3 Å². The smallest absolute Gasteiger partial charge is 0.335 e. The van der Waals surface area contributed by atoms with E-state index in [1.807, 2.05) is 0 Å². The number of non-ortho nitro benzene ring substituents is 1. The van der Waals surface area contributed by atoms with Gasteiger partial charge in [0.1, 0.15) is 0 Å². The lowest BCUT2D eigenvalue weighted by molar-refractivity contribution is -0.385. The zero-order valence-corrected chi connectivity index (χ0v) is 12.3. The van der Waals surface area contributed by atoms with Crippen LogP contribution in [-0.2, 0) is 10.0 Å². The first kappa shape index (κ1) is 16.3. The number of nitrogens with zero attached hydrogens (tertiary/aromatic N) is 2. The van der Waals surface area contributed by atoms with Crippen LogP contribution in [0.2, 0.25) is 0 Å². The molecule has 0 saturated heterocycles. The Hall–Kier alpha value is -3.07. The maximum atomic E-state index is 12.0. The zero-order chi connectivity index (χ0) is 17.0. The van der Waals surface area contributed by atoms with Crippen LogP contribution in [0.15, 0.2) is 57.8 Å². The number of benzene rings is 2. The number of aromatic carboxylic acids is 1. The van der Waals surface area contributed by atoms with Gasteiger partial charge in [-0.3, -0.25) is 10.1 Å². The lowest BCUT2D eigenvalue weighted by Gasteiger charge is -1.99. The highest BCUT2D eigenvalue weighted by atomic mass is 32.2. The van der Waals surface area contributed by atoms with Gasteiger partial charge in [0.2, 0.25) is 0 Å². The Morgan fingerprint density at radius 2 is 1.83 bits per heavy atom. The fourth-order valence-corrected chi connectivity index (χ4v) is 2.56. The van der Waals surface area contributed by atoms with Crippen molar-refractivity contribution < 1.29 is 23.2 Å². The lowest BCUT2D eigenvalue weighted by Crippen LogP contribution is -2.00. The van der Waals surface area contributed by atoms with Gasteiger partial charge < -0.3 is 5.11 Å². The van der Waals surface area contributed by atoms with Gasteiger partial charge in [0.15, 0.2) is 0 Å². The van der Waals surface area contributed by atoms with E-state index in [0.717, 1.165) is 12.3 Å². The predicted molar refractivity (Wildman–Crippen MR) is 81.3 cm³/mol. The lowest BCUT2D eigenvalue weighted by atomic mass is 10.1. The van der Waals surface area contributed by atoms with Crippen LogP contribution in [0.25, 0.3) is 0 Å². The molecule has 9 heteroatoms. The maximum Gasteiger partial charge on any atom is 0.335 e. The van der Waals surface area contributed by atoms with Crippen LogP contribution in [-0.4, -0.2) is 30.6 Å². The summed E-state index contributed by atoms with van der Waals surface area (Å²) in [5.41, 5.74) is 0.0831. The Morgan fingerprint density at radius 1 is 1.17 bits per heavy atom. The minimum Gasteiger partial charge on any atom is -0.478 e. The average Bonchev–Trinajstić information content (AvgIpc) is 2.53. The third-order valence-electron chi connectivity index (χ3n) is 2.82. The molecule has 0 saturated carbocycles. The Morgan fingerprint density at radius 3 is 2.39 bits per heavy atom. The number of hydrogen-bond acceptors (Lipinski definition) is 5. The highest BCUT2D eigenvalue weighted by Crippen LogP contribution is 2.19. The van der Waals surface area contributed by atoms with Gasteiger partial charge in [-0.2, -0.15) is 12.8 Å². The van der Waals surface area contributed by atoms with E-state index >= 15 is 0 Å². The fourth-order valence-electron chi connectivity index (χ4n) is 1.66. The third-order valence-corrected chi connectivity index (χ3v) is 4.06. The van der Waals surface area contributed by atoms with Crippen LogP contribution in [0.1, 0.15) is 15.9 Å². The van der Waals surface area contributed by atoms with Crippen molar-refractivity contribution in [2.45, 2.75) is 4.90 Å². The molecule has 118 valence electrons. The molecule has 0 atom stereocenters. The van der Waals surface area contributed by atoms with E-state index in [2.05, 4.69) is 4.40 Å².